The van der Waals surface area contributed by atoms with Crippen LogP contribution in [-0.2, 0) is 18.3 Å². The number of oxazole rings is 1. The van der Waals surface area contributed by atoms with Crippen LogP contribution in [0.3, 0.4) is 0 Å². The van der Waals surface area contributed by atoms with E-state index in [4.69, 9.17) is 14.1 Å². The number of aliphatic imine (C=N–C) groups is 1. The van der Waals surface area contributed by atoms with Gasteiger partial charge in [-0.2, -0.15) is 5.10 Å². The number of aromatic nitrogens is 3. The molecule has 3 heterocycles. The topological polar surface area (TPSA) is 80.7 Å². The summed E-state index contributed by atoms with van der Waals surface area (Å²) in [4.78, 5) is 11.3. The summed E-state index contributed by atoms with van der Waals surface area (Å²) in [7, 11) is 1.91. The van der Waals surface area contributed by atoms with Gasteiger partial charge in [-0.1, -0.05) is 0 Å². The van der Waals surface area contributed by atoms with Crippen molar-refractivity contribution >= 4 is 5.96 Å². The molecule has 1 saturated heterocycles. The largest absolute Gasteiger partial charge is 0.444 e. The van der Waals surface area contributed by atoms with Gasteiger partial charge < -0.3 is 19.4 Å². The molecule has 0 amide bonds. The summed E-state index contributed by atoms with van der Waals surface area (Å²) in [5, 5.41) is 7.59. The maximum Gasteiger partial charge on any atom is 0.216 e. The third-order valence-electron chi connectivity index (χ3n) is 4.23. The molecule has 1 N–H and O–H groups in total. The Labute approximate surface area is 147 Å². The van der Waals surface area contributed by atoms with Crippen molar-refractivity contribution in [3.63, 3.8) is 0 Å². The van der Waals surface area contributed by atoms with Gasteiger partial charge in [0.05, 0.1) is 25.0 Å². The van der Waals surface area contributed by atoms with E-state index in [0.29, 0.717) is 19.0 Å². The molecule has 0 aromatic carbocycles. The second-order valence-electron chi connectivity index (χ2n) is 6.17. The Hall–Kier alpha value is -2.35. The van der Waals surface area contributed by atoms with Crippen molar-refractivity contribution in [2.24, 2.45) is 12.0 Å². The highest BCUT2D eigenvalue weighted by molar-refractivity contribution is 5.80. The average Bonchev–Trinajstić information content (AvgIpc) is 3.17. The second-order valence-corrected chi connectivity index (χ2v) is 6.17. The quantitative estimate of drug-likeness (QED) is 0.668. The fraction of sp³-hybridized carbons (Fsp3) is 0.588. The van der Waals surface area contributed by atoms with Gasteiger partial charge in [0, 0.05) is 31.9 Å². The van der Waals surface area contributed by atoms with Crippen molar-refractivity contribution in [2.75, 3.05) is 26.2 Å². The molecule has 0 spiro atoms. The summed E-state index contributed by atoms with van der Waals surface area (Å²) in [6.45, 7) is 9.34. The van der Waals surface area contributed by atoms with Crippen LogP contribution in [0.5, 0.6) is 0 Å². The highest BCUT2D eigenvalue weighted by atomic mass is 16.5. The van der Waals surface area contributed by atoms with E-state index in [1.54, 1.807) is 4.68 Å². The molecule has 1 unspecified atom stereocenters. The van der Waals surface area contributed by atoms with E-state index in [9.17, 15) is 0 Å². The number of hydrogen-bond acceptors (Lipinski definition) is 5. The first-order valence-electron chi connectivity index (χ1n) is 8.63. The average molecular weight is 346 g/mol. The number of nitrogens with one attached hydrogen (secondary N) is 1. The molecule has 3 rings (SSSR count). The fourth-order valence-electron chi connectivity index (χ4n) is 2.82. The lowest BCUT2D eigenvalue weighted by Crippen LogP contribution is -2.48. The first kappa shape index (κ1) is 17.5. The second kappa shape index (κ2) is 7.69. The first-order valence-corrected chi connectivity index (χ1v) is 8.63. The lowest BCUT2D eigenvalue weighted by atomic mass is 10.1. The summed E-state index contributed by atoms with van der Waals surface area (Å²) >= 11 is 0. The monoisotopic (exact) mass is 346 g/mol. The number of aryl methyl sites for hydroxylation is 3. The van der Waals surface area contributed by atoms with Gasteiger partial charge in [-0.05, 0) is 20.8 Å². The Morgan fingerprint density at radius 1 is 1.44 bits per heavy atom. The zero-order valence-corrected chi connectivity index (χ0v) is 15.3. The zero-order chi connectivity index (χ0) is 17.8. The predicted molar refractivity (Wildman–Crippen MR) is 94.3 cm³/mol. The molecule has 8 nitrogen and oxygen atoms in total. The van der Waals surface area contributed by atoms with E-state index in [-0.39, 0.29) is 6.10 Å². The standard InChI is InChI=1S/C17H26N6O2/c1-5-18-17(19-9-16-21-12(2)13(3)25-16)23-6-7-24-15(11-23)14-8-20-22(4)10-14/h8,10,15H,5-7,9,11H2,1-4H3,(H,18,19). The van der Waals surface area contributed by atoms with Crippen molar-refractivity contribution in [2.45, 2.75) is 33.4 Å². The Balaban J connectivity index is 1.71. The fourth-order valence-corrected chi connectivity index (χ4v) is 2.82. The third kappa shape index (κ3) is 4.19. The minimum absolute atomic E-state index is 0.00228. The molecule has 1 aliphatic heterocycles. The van der Waals surface area contributed by atoms with E-state index in [1.807, 2.05) is 33.3 Å². The molecular formula is C17H26N6O2. The molecule has 8 heteroatoms. The Bertz CT molecular complexity index is 716. The number of morpholine rings is 1. The molecule has 0 bridgehead atoms. The van der Waals surface area contributed by atoms with Crippen LogP contribution >= 0.6 is 0 Å². The molecule has 2 aromatic rings. The molecular weight excluding hydrogens is 320 g/mol. The van der Waals surface area contributed by atoms with Crippen LogP contribution in [0.25, 0.3) is 0 Å². The van der Waals surface area contributed by atoms with E-state index in [0.717, 1.165) is 42.6 Å². The van der Waals surface area contributed by atoms with E-state index in [2.05, 4.69) is 27.2 Å². The van der Waals surface area contributed by atoms with Crippen LogP contribution in [0.1, 0.15) is 35.9 Å². The Kier molecular flexibility index (Phi) is 5.37. The van der Waals surface area contributed by atoms with Gasteiger partial charge in [-0.15, -0.1) is 0 Å². The van der Waals surface area contributed by atoms with Gasteiger partial charge in [-0.25, -0.2) is 9.98 Å². The van der Waals surface area contributed by atoms with Crippen LogP contribution < -0.4 is 5.32 Å². The Morgan fingerprint density at radius 3 is 2.92 bits per heavy atom. The van der Waals surface area contributed by atoms with Crippen molar-refractivity contribution in [1.82, 2.24) is 25.0 Å². The molecule has 0 aliphatic carbocycles. The van der Waals surface area contributed by atoms with Gasteiger partial charge in [0.15, 0.2) is 5.96 Å². The zero-order valence-electron chi connectivity index (χ0n) is 15.3. The number of nitrogens with zero attached hydrogens (tertiary/aromatic N) is 5. The normalized spacial score (nSPS) is 18.6. The van der Waals surface area contributed by atoms with Crippen LogP contribution in [0.4, 0.5) is 0 Å². The molecule has 1 atom stereocenters. The lowest BCUT2D eigenvalue weighted by molar-refractivity contribution is -0.00806. The number of hydrogen-bond donors (Lipinski definition) is 1. The van der Waals surface area contributed by atoms with Crippen molar-refractivity contribution in [1.29, 1.82) is 0 Å². The van der Waals surface area contributed by atoms with E-state index >= 15 is 0 Å². The van der Waals surface area contributed by atoms with Gasteiger partial charge in [-0.3, -0.25) is 4.68 Å². The maximum absolute atomic E-state index is 5.91. The third-order valence-corrected chi connectivity index (χ3v) is 4.23. The van der Waals surface area contributed by atoms with Crippen LogP contribution in [0.15, 0.2) is 21.8 Å². The minimum atomic E-state index is -0.00228. The molecule has 136 valence electrons. The minimum Gasteiger partial charge on any atom is -0.444 e. The molecule has 0 radical (unpaired) electrons. The van der Waals surface area contributed by atoms with Crippen LogP contribution in [0.2, 0.25) is 0 Å². The predicted octanol–water partition coefficient (Wildman–Crippen LogP) is 1.56. The summed E-state index contributed by atoms with van der Waals surface area (Å²) in [5.41, 5.74) is 2.00. The maximum atomic E-state index is 5.91. The summed E-state index contributed by atoms with van der Waals surface area (Å²) in [6, 6.07) is 0. The number of guanidine groups is 1. The number of ether oxygens (including phenoxy) is 1. The molecule has 1 fully saturated rings. The van der Waals surface area contributed by atoms with Crippen LogP contribution in [-0.4, -0.2) is 51.9 Å². The van der Waals surface area contributed by atoms with Crippen LogP contribution in [0, 0.1) is 13.8 Å². The van der Waals surface area contributed by atoms with Gasteiger partial charge in [0.1, 0.15) is 18.4 Å². The first-order chi connectivity index (χ1) is 12.1. The Morgan fingerprint density at radius 2 is 2.28 bits per heavy atom. The molecule has 25 heavy (non-hydrogen) atoms. The van der Waals surface area contributed by atoms with Gasteiger partial charge in [0.25, 0.3) is 0 Å². The smallest absolute Gasteiger partial charge is 0.216 e. The molecule has 1 aliphatic rings. The van der Waals surface area contributed by atoms with Crippen molar-refractivity contribution < 1.29 is 9.15 Å². The summed E-state index contributed by atoms with van der Waals surface area (Å²) < 4.78 is 13.3. The van der Waals surface area contributed by atoms with Gasteiger partial charge >= 0.3 is 0 Å². The molecule has 0 saturated carbocycles. The SMILES string of the molecule is CCNC(=NCc1nc(C)c(C)o1)N1CCOC(c2cnn(C)c2)C1. The van der Waals surface area contributed by atoms with Crippen molar-refractivity contribution in [3.8, 4) is 0 Å². The highest BCUT2D eigenvalue weighted by Crippen LogP contribution is 2.21. The molecule has 2 aromatic heterocycles. The number of rotatable bonds is 4. The van der Waals surface area contributed by atoms with E-state index in [1.165, 1.54) is 0 Å². The lowest BCUT2D eigenvalue weighted by Gasteiger charge is -2.34. The summed E-state index contributed by atoms with van der Waals surface area (Å²) in [6.07, 6.45) is 3.85. The van der Waals surface area contributed by atoms with E-state index < -0.39 is 0 Å². The van der Waals surface area contributed by atoms with Gasteiger partial charge in [0.2, 0.25) is 5.89 Å². The highest BCUT2D eigenvalue weighted by Gasteiger charge is 2.25. The van der Waals surface area contributed by atoms with Crippen molar-refractivity contribution in [3.05, 3.63) is 35.3 Å². The summed E-state index contributed by atoms with van der Waals surface area (Å²) in [5.74, 6) is 2.34.